The van der Waals surface area contributed by atoms with Crippen LogP contribution in [0.25, 0.3) is 0 Å². The molecule has 0 amide bonds. The number of aliphatic hydroxyl groups is 2. The van der Waals surface area contributed by atoms with Crippen molar-refractivity contribution >= 4 is 23.9 Å². The Hall–Kier alpha value is -2.98. The van der Waals surface area contributed by atoms with Crippen molar-refractivity contribution in [1.29, 1.82) is 0 Å². The highest BCUT2D eigenvalue weighted by Crippen LogP contribution is 2.26. The third-order valence-electron chi connectivity index (χ3n) is 6.13. The number of benzene rings is 1. The SMILES string of the molecule is CCC(C)(C)CC(O)COC(=O)c1ccc(C(=O)OCC(O)COC(=O)CCC(=O)OC(C)(C)CC)cc1. The summed E-state index contributed by atoms with van der Waals surface area (Å²) in [5, 5.41) is 20.0. The molecule has 38 heavy (non-hydrogen) atoms. The van der Waals surface area contributed by atoms with Gasteiger partial charge in [-0.1, -0.05) is 34.1 Å². The van der Waals surface area contributed by atoms with Crippen LogP contribution >= 0.6 is 0 Å². The number of hydrogen-bond acceptors (Lipinski definition) is 10. The van der Waals surface area contributed by atoms with Crippen LogP contribution in [0.5, 0.6) is 0 Å². The van der Waals surface area contributed by atoms with Gasteiger partial charge < -0.3 is 29.2 Å². The Morgan fingerprint density at radius 3 is 1.63 bits per heavy atom. The molecule has 0 saturated heterocycles. The minimum absolute atomic E-state index is 0.0650. The van der Waals surface area contributed by atoms with Gasteiger partial charge in [0, 0.05) is 0 Å². The molecule has 2 N–H and O–H groups in total. The van der Waals surface area contributed by atoms with E-state index in [-0.39, 0.29) is 36.0 Å². The third-order valence-corrected chi connectivity index (χ3v) is 6.13. The molecule has 0 saturated carbocycles. The van der Waals surface area contributed by atoms with Gasteiger partial charge >= 0.3 is 23.9 Å². The first-order chi connectivity index (χ1) is 17.7. The summed E-state index contributed by atoms with van der Waals surface area (Å²) in [6, 6.07) is 5.54. The minimum atomic E-state index is -1.26. The van der Waals surface area contributed by atoms with Crippen LogP contribution in [0.15, 0.2) is 24.3 Å². The van der Waals surface area contributed by atoms with Crippen LogP contribution in [0.3, 0.4) is 0 Å². The first kappa shape index (κ1) is 33.0. The maximum Gasteiger partial charge on any atom is 0.338 e. The average molecular weight is 539 g/mol. The van der Waals surface area contributed by atoms with Crippen LogP contribution in [0, 0.1) is 5.41 Å². The van der Waals surface area contributed by atoms with Crippen molar-refractivity contribution < 1.29 is 48.3 Å². The number of hydrogen-bond donors (Lipinski definition) is 2. The van der Waals surface area contributed by atoms with E-state index in [4.69, 9.17) is 18.9 Å². The Bertz CT molecular complexity index is 920. The van der Waals surface area contributed by atoms with Crippen LogP contribution in [0.4, 0.5) is 0 Å². The van der Waals surface area contributed by atoms with E-state index in [0.717, 1.165) is 6.42 Å². The summed E-state index contributed by atoms with van der Waals surface area (Å²) in [7, 11) is 0. The van der Waals surface area contributed by atoms with Gasteiger partial charge in [-0.25, -0.2) is 9.59 Å². The summed E-state index contributed by atoms with van der Waals surface area (Å²) in [5.74, 6) is -2.58. The molecule has 0 aliphatic heterocycles. The summed E-state index contributed by atoms with van der Waals surface area (Å²) in [6.07, 6.45) is -0.361. The van der Waals surface area contributed by atoms with Crippen molar-refractivity contribution in [3.63, 3.8) is 0 Å². The molecule has 1 aromatic carbocycles. The molecule has 10 heteroatoms. The average Bonchev–Trinajstić information content (AvgIpc) is 2.87. The molecular weight excluding hydrogens is 496 g/mol. The summed E-state index contributed by atoms with van der Waals surface area (Å²) >= 11 is 0. The lowest BCUT2D eigenvalue weighted by Gasteiger charge is -2.25. The molecule has 214 valence electrons. The largest absolute Gasteiger partial charge is 0.463 e. The molecule has 2 atom stereocenters. The molecule has 0 spiro atoms. The normalized spacial score (nSPS) is 13.3. The van der Waals surface area contributed by atoms with Gasteiger partial charge in [0.15, 0.2) is 0 Å². The van der Waals surface area contributed by atoms with E-state index in [2.05, 4.69) is 0 Å². The minimum Gasteiger partial charge on any atom is -0.463 e. The second kappa shape index (κ2) is 15.4. The predicted molar refractivity (Wildman–Crippen MR) is 138 cm³/mol. The van der Waals surface area contributed by atoms with Crippen molar-refractivity contribution in [2.75, 3.05) is 19.8 Å². The van der Waals surface area contributed by atoms with Crippen molar-refractivity contribution in [2.24, 2.45) is 5.41 Å². The van der Waals surface area contributed by atoms with Crippen LogP contribution in [-0.2, 0) is 28.5 Å². The van der Waals surface area contributed by atoms with Gasteiger partial charge in [-0.05, 0) is 56.4 Å². The van der Waals surface area contributed by atoms with E-state index < -0.39 is 54.9 Å². The van der Waals surface area contributed by atoms with Gasteiger partial charge in [0.05, 0.1) is 30.1 Å². The third kappa shape index (κ3) is 13.0. The monoisotopic (exact) mass is 538 g/mol. The first-order valence-electron chi connectivity index (χ1n) is 12.9. The quantitative estimate of drug-likeness (QED) is 0.236. The van der Waals surface area contributed by atoms with E-state index in [0.29, 0.717) is 12.8 Å². The molecule has 1 aromatic rings. The van der Waals surface area contributed by atoms with Gasteiger partial charge in [-0.3, -0.25) is 9.59 Å². The highest BCUT2D eigenvalue weighted by molar-refractivity contribution is 5.93. The molecule has 2 unspecified atom stereocenters. The standard InChI is InChI=1S/C28H42O10/c1-7-27(3,4)15-21(29)16-36-25(33)19-9-11-20(12-10-19)26(34)37-18-22(30)17-35-23(31)13-14-24(32)38-28(5,6)8-2/h9-12,21-22,29-30H,7-8,13-18H2,1-6H3. The van der Waals surface area contributed by atoms with Crippen molar-refractivity contribution in [2.45, 2.75) is 91.5 Å². The van der Waals surface area contributed by atoms with E-state index in [1.165, 1.54) is 24.3 Å². The fourth-order valence-electron chi connectivity index (χ4n) is 3.04. The molecule has 1 rings (SSSR count). The van der Waals surface area contributed by atoms with Crippen LogP contribution < -0.4 is 0 Å². The van der Waals surface area contributed by atoms with Crippen LogP contribution in [0.2, 0.25) is 0 Å². The Labute approximate surface area is 224 Å². The molecule has 10 nitrogen and oxygen atoms in total. The number of carbonyl (C=O) groups excluding carboxylic acids is 4. The lowest BCUT2D eigenvalue weighted by molar-refractivity contribution is -0.160. The Morgan fingerprint density at radius 1 is 0.711 bits per heavy atom. The molecule has 0 fully saturated rings. The number of esters is 4. The fraction of sp³-hybridized carbons (Fsp3) is 0.643. The second-order valence-electron chi connectivity index (χ2n) is 10.6. The number of carbonyl (C=O) groups is 4. The maximum atomic E-state index is 12.2. The van der Waals surface area contributed by atoms with Crippen LogP contribution in [0.1, 0.15) is 94.4 Å². The predicted octanol–water partition coefficient (Wildman–Crippen LogP) is 3.60. The van der Waals surface area contributed by atoms with Crippen molar-refractivity contribution in [3.05, 3.63) is 35.4 Å². The van der Waals surface area contributed by atoms with E-state index in [1.807, 2.05) is 27.7 Å². The van der Waals surface area contributed by atoms with Gasteiger partial charge in [-0.15, -0.1) is 0 Å². The molecule has 0 aliphatic rings. The zero-order valence-corrected chi connectivity index (χ0v) is 23.3. The summed E-state index contributed by atoms with van der Waals surface area (Å²) < 4.78 is 20.3. The molecule has 0 heterocycles. The number of aliphatic hydroxyl groups excluding tert-OH is 2. The Morgan fingerprint density at radius 2 is 1.16 bits per heavy atom. The zero-order valence-electron chi connectivity index (χ0n) is 23.3. The van der Waals surface area contributed by atoms with E-state index in [9.17, 15) is 29.4 Å². The molecular formula is C28H42O10. The first-order valence-corrected chi connectivity index (χ1v) is 12.9. The highest BCUT2D eigenvalue weighted by atomic mass is 16.6. The molecule has 0 aliphatic carbocycles. The fourth-order valence-corrected chi connectivity index (χ4v) is 3.04. The smallest absolute Gasteiger partial charge is 0.338 e. The summed E-state index contributed by atoms with van der Waals surface area (Å²) in [6.45, 7) is 10.5. The number of rotatable bonds is 16. The van der Waals surface area contributed by atoms with Gasteiger partial charge in [0.2, 0.25) is 0 Å². The Kier molecular flexibility index (Phi) is 13.4. The summed E-state index contributed by atoms with van der Waals surface area (Å²) in [5.41, 5.74) is -0.328. The lowest BCUT2D eigenvalue weighted by atomic mass is 9.84. The van der Waals surface area contributed by atoms with Gasteiger partial charge in [-0.2, -0.15) is 0 Å². The molecule has 0 aromatic heterocycles. The molecule has 0 bridgehead atoms. The van der Waals surface area contributed by atoms with Crippen LogP contribution in [-0.4, -0.2) is 71.7 Å². The number of ether oxygens (including phenoxy) is 4. The van der Waals surface area contributed by atoms with Crippen molar-refractivity contribution in [3.8, 4) is 0 Å². The summed E-state index contributed by atoms with van der Waals surface area (Å²) in [4.78, 5) is 48.0. The molecule has 0 radical (unpaired) electrons. The van der Waals surface area contributed by atoms with E-state index >= 15 is 0 Å². The van der Waals surface area contributed by atoms with E-state index in [1.54, 1.807) is 13.8 Å². The zero-order chi connectivity index (χ0) is 28.9. The van der Waals surface area contributed by atoms with Gasteiger partial charge in [0.25, 0.3) is 0 Å². The topological polar surface area (TPSA) is 146 Å². The van der Waals surface area contributed by atoms with Gasteiger partial charge in [0.1, 0.15) is 31.5 Å². The van der Waals surface area contributed by atoms with Crippen molar-refractivity contribution in [1.82, 2.24) is 0 Å². The maximum absolute atomic E-state index is 12.2. The highest BCUT2D eigenvalue weighted by Gasteiger charge is 2.23. The second-order valence-corrected chi connectivity index (χ2v) is 10.6. The lowest BCUT2D eigenvalue weighted by Crippen LogP contribution is -2.28. The Balaban J connectivity index is 2.38.